The Morgan fingerprint density at radius 1 is 1.15 bits per heavy atom. The van der Waals surface area contributed by atoms with Gasteiger partial charge in [0.05, 0.1) is 7.11 Å². The molecule has 0 bridgehead atoms. The molecule has 0 aliphatic heterocycles. The summed E-state index contributed by atoms with van der Waals surface area (Å²) in [5.41, 5.74) is 2.77. The first-order chi connectivity index (χ1) is 12.0. The van der Waals surface area contributed by atoms with Gasteiger partial charge in [-0.05, 0) is 30.1 Å². The van der Waals surface area contributed by atoms with E-state index in [0.29, 0.717) is 12.2 Å². The highest BCUT2D eigenvalue weighted by Gasteiger charge is 2.12. The number of carbonyl (C=O) groups is 1. The minimum atomic E-state index is 0. The summed E-state index contributed by atoms with van der Waals surface area (Å²) >= 11 is 0. The van der Waals surface area contributed by atoms with E-state index in [1.165, 1.54) is 12.8 Å². The predicted molar refractivity (Wildman–Crippen MR) is 113 cm³/mol. The molecule has 0 aliphatic carbocycles. The van der Waals surface area contributed by atoms with Crippen molar-refractivity contribution >= 4 is 5.78 Å². The summed E-state index contributed by atoms with van der Waals surface area (Å²) in [6.45, 7) is 9.69. The van der Waals surface area contributed by atoms with Gasteiger partial charge in [0.25, 0.3) is 0 Å². The maximum atomic E-state index is 12.6. The van der Waals surface area contributed by atoms with Gasteiger partial charge in [-0.15, -0.1) is 0 Å². The smallest absolute Gasteiger partial charge is 0.167 e. The molecule has 0 radical (unpaired) electrons. The molecule has 0 fully saturated rings. The van der Waals surface area contributed by atoms with Crippen molar-refractivity contribution in [3.05, 3.63) is 72.0 Å². The summed E-state index contributed by atoms with van der Waals surface area (Å²) in [6.07, 6.45) is 8.19. The summed E-state index contributed by atoms with van der Waals surface area (Å²) in [5.74, 6) is 0.640. The Labute approximate surface area is 160 Å². The van der Waals surface area contributed by atoms with E-state index in [0.717, 1.165) is 29.5 Å². The normalized spacial score (nSPS) is 10.1. The van der Waals surface area contributed by atoms with Crippen LogP contribution in [0.15, 0.2) is 60.9 Å². The first-order valence-corrected chi connectivity index (χ1v) is 8.61. The number of hydrogen-bond donors (Lipinski definition) is 0. The van der Waals surface area contributed by atoms with Crippen molar-refractivity contribution < 1.29 is 14.3 Å². The Morgan fingerprint density at radius 2 is 1.77 bits per heavy atom. The maximum Gasteiger partial charge on any atom is 0.167 e. The van der Waals surface area contributed by atoms with Crippen LogP contribution in [0, 0.1) is 0 Å². The fourth-order valence-electron chi connectivity index (χ4n) is 2.30. The number of benzene rings is 1. The van der Waals surface area contributed by atoms with Crippen LogP contribution >= 0.6 is 0 Å². The maximum absolute atomic E-state index is 12.6. The van der Waals surface area contributed by atoms with E-state index in [9.17, 15) is 4.79 Å². The summed E-state index contributed by atoms with van der Waals surface area (Å²) in [4.78, 5) is 12.6. The van der Waals surface area contributed by atoms with Crippen LogP contribution in [0.2, 0.25) is 0 Å². The third-order valence-electron chi connectivity index (χ3n) is 3.60. The minimum Gasteiger partial charge on any atom is -0.497 e. The average Bonchev–Trinajstić information content (AvgIpc) is 2.62. The monoisotopic (exact) mass is 360 g/mol. The van der Waals surface area contributed by atoms with Gasteiger partial charge >= 0.3 is 0 Å². The molecular formula is C23H36O3. The second-order valence-electron chi connectivity index (χ2n) is 5.72. The summed E-state index contributed by atoms with van der Waals surface area (Å²) in [6, 6.07) is 7.88. The van der Waals surface area contributed by atoms with Crippen LogP contribution in [0.1, 0.15) is 56.0 Å². The molecule has 1 aromatic rings. The van der Waals surface area contributed by atoms with E-state index in [4.69, 9.17) is 4.74 Å². The van der Waals surface area contributed by atoms with E-state index in [2.05, 4.69) is 24.8 Å². The molecule has 0 saturated heterocycles. The second kappa shape index (κ2) is 16.3. The number of methoxy groups -OCH3 is 2. The number of rotatable bonds is 10. The van der Waals surface area contributed by atoms with Gasteiger partial charge in [-0.1, -0.05) is 70.7 Å². The van der Waals surface area contributed by atoms with E-state index < -0.39 is 0 Å². The summed E-state index contributed by atoms with van der Waals surface area (Å²) < 4.78 is 9.28. The SMILES string of the molecule is C.C=C/C(=C\C(=C)OC)CC(=O)c1ccccc1CCCCC.COC. The first-order valence-electron chi connectivity index (χ1n) is 8.61. The highest BCUT2D eigenvalue weighted by atomic mass is 16.5. The quantitative estimate of drug-likeness (QED) is 0.217. The van der Waals surface area contributed by atoms with Gasteiger partial charge in [0, 0.05) is 26.2 Å². The molecular weight excluding hydrogens is 324 g/mol. The Kier molecular flexibility index (Phi) is 16.4. The lowest BCUT2D eigenvalue weighted by atomic mass is 9.95. The van der Waals surface area contributed by atoms with E-state index in [-0.39, 0.29) is 13.2 Å². The molecule has 0 unspecified atom stereocenters. The summed E-state index contributed by atoms with van der Waals surface area (Å²) in [5, 5.41) is 0. The molecule has 3 heteroatoms. The molecule has 3 nitrogen and oxygen atoms in total. The lowest BCUT2D eigenvalue weighted by molar-refractivity contribution is 0.0993. The van der Waals surface area contributed by atoms with E-state index in [1.54, 1.807) is 33.5 Å². The van der Waals surface area contributed by atoms with Gasteiger partial charge in [-0.3, -0.25) is 4.79 Å². The van der Waals surface area contributed by atoms with Crippen molar-refractivity contribution in [3.8, 4) is 0 Å². The van der Waals surface area contributed by atoms with E-state index >= 15 is 0 Å². The van der Waals surface area contributed by atoms with Crippen molar-refractivity contribution in [1.29, 1.82) is 0 Å². The average molecular weight is 361 g/mol. The van der Waals surface area contributed by atoms with Crippen molar-refractivity contribution in [2.24, 2.45) is 0 Å². The van der Waals surface area contributed by atoms with Crippen LogP contribution in [-0.4, -0.2) is 27.1 Å². The van der Waals surface area contributed by atoms with Crippen LogP contribution in [0.4, 0.5) is 0 Å². The van der Waals surface area contributed by atoms with Crippen LogP contribution in [0.5, 0.6) is 0 Å². The molecule has 0 saturated carbocycles. The highest BCUT2D eigenvalue weighted by Crippen LogP contribution is 2.18. The number of aryl methyl sites for hydroxylation is 1. The molecule has 0 N–H and O–H groups in total. The first kappa shape index (κ1) is 26.1. The fraction of sp³-hybridized carbons (Fsp3) is 0.435. The molecule has 0 heterocycles. The molecule has 0 aromatic heterocycles. The molecule has 1 aromatic carbocycles. The van der Waals surface area contributed by atoms with Crippen molar-refractivity contribution in [2.45, 2.75) is 46.5 Å². The molecule has 1 rings (SSSR count). The topological polar surface area (TPSA) is 35.5 Å². The van der Waals surface area contributed by atoms with Crippen molar-refractivity contribution in [2.75, 3.05) is 21.3 Å². The van der Waals surface area contributed by atoms with E-state index in [1.807, 2.05) is 24.3 Å². The van der Waals surface area contributed by atoms with Gasteiger partial charge in [-0.2, -0.15) is 0 Å². The number of unbranched alkanes of at least 4 members (excludes halogenated alkanes) is 2. The number of ketones is 1. The number of hydrogen-bond acceptors (Lipinski definition) is 3. The molecule has 0 amide bonds. The van der Waals surface area contributed by atoms with Crippen LogP contribution in [-0.2, 0) is 15.9 Å². The Balaban J connectivity index is 0. The number of carbonyl (C=O) groups excluding carboxylic acids is 1. The molecule has 146 valence electrons. The third kappa shape index (κ3) is 10.7. The zero-order valence-electron chi connectivity index (χ0n) is 16.1. The Hall–Kier alpha value is -2.13. The Morgan fingerprint density at radius 3 is 2.31 bits per heavy atom. The van der Waals surface area contributed by atoms with Crippen LogP contribution in [0.3, 0.4) is 0 Å². The van der Waals surface area contributed by atoms with Crippen LogP contribution in [0.25, 0.3) is 0 Å². The van der Waals surface area contributed by atoms with Gasteiger partial charge in [-0.25, -0.2) is 0 Å². The zero-order valence-corrected chi connectivity index (χ0v) is 16.1. The lowest BCUT2D eigenvalue weighted by Gasteiger charge is -2.09. The van der Waals surface area contributed by atoms with Gasteiger partial charge in [0.2, 0.25) is 0 Å². The van der Waals surface area contributed by atoms with Gasteiger partial charge in [0.15, 0.2) is 5.78 Å². The standard InChI is InChI=1S/C20H26O2.C2H6O.CH4/c1-5-7-8-11-18-12-9-10-13-19(18)20(21)15-17(6-2)14-16(3)22-4;1-3-2;/h6,9-10,12-14H,2-3,5,7-8,11,15H2,1,4H3;1-2H3;1H4/b17-14+;;. The Bertz CT molecular complexity index is 571. The zero-order chi connectivity index (χ0) is 19.1. The van der Waals surface area contributed by atoms with Gasteiger partial charge < -0.3 is 9.47 Å². The molecule has 26 heavy (non-hydrogen) atoms. The van der Waals surface area contributed by atoms with Crippen LogP contribution < -0.4 is 0 Å². The molecule has 0 aliphatic rings. The number of Topliss-reactive ketones (excluding diaryl/α,β-unsaturated/α-hetero) is 1. The highest BCUT2D eigenvalue weighted by molar-refractivity contribution is 5.99. The minimum absolute atomic E-state index is 0. The molecule has 0 spiro atoms. The lowest BCUT2D eigenvalue weighted by Crippen LogP contribution is -2.05. The number of allylic oxidation sites excluding steroid dienone is 3. The third-order valence-corrected chi connectivity index (χ3v) is 3.60. The molecule has 0 atom stereocenters. The number of ether oxygens (including phenoxy) is 2. The fourth-order valence-corrected chi connectivity index (χ4v) is 2.30. The predicted octanol–water partition coefficient (Wildman–Crippen LogP) is 6.16. The van der Waals surface area contributed by atoms with Gasteiger partial charge in [0.1, 0.15) is 5.76 Å². The van der Waals surface area contributed by atoms with Crippen molar-refractivity contribution in [3.63, 3.8) is 0 Å². The largest absolute Gasteiger partial charge is 0.497 e. The second-order valence-corrected chi connectivity index (χ2v) is 5.72. The van der Waals surface area contributed by atoms with Crippen molar-refractivity contribution in [1.82, 2.24) is 0 Å². The summed E-state index contributed by atoms with van der Waals surface area (Å²) in [7, 11) is 4.81.